The smallest absolute Gasteiger partial charge is 0.193 e. The zero-order valence-electron chi connectivity index (χ0n) is 15.1. The van der Waals surface area contributed by atoms with Crippen molar-refractivity contribution in [2.75, 3.05) is 0 Å². The van der Waals surface area contributed by atoms with Crippen molar-refractivity contribution in [2.45, 2.75) is 32.9 Å². The number of thiocarbonyl (C=S) groups is 1. The third-order valence-electron chi connectivity index (χ3n) is 4.14. The summed E-state index contributed by atoms with van der Waals surface area (Å²) in [5, 5.41) is 6.81. The van der Waals surface area contributed by atoms with E-state index in [1.54, 1.807) is 0 Å². The van der Waals surface area contributed by atoms with Crippen LogP contribution in [-0.2, 0) is 0 Å². The summed E-state index contributed by atoms with van der Waals surface area (Å²) in [6.45, 7) is 5.84. The number of nitrogens with one attached hydrogen (secondary N) is 2. The van der Waals surface area contributed by atoms with Gasteiger partial charge in [0.05, 0.1) is 12.1 Å². The van der Waals surface area contributed by atoms with E-state index in [-0.39, 0.29) is 17.9 Å². The Labute approximate surface area is 159 Å². The van der Waals surface area contributed by atoms with Gasteiger partial charge >= 0.3 is 0 Å². The molecule has 0 radical (unpaired) electrons. The quantitative estimate of drug-likeness (QED) is 0.615. The highest BCUT2D eigenvalue weighted by molar-refractivity contribution is 7.80. The van der Waals surface area contributed by atoms with Gasteiger partial charge in [0.2, 0.25) is 0 Å². The van der Waals surface area contributed by atoms with Crippen molar-refractivity contribution in [2.24, 2.45) is 0 Å². The summed E-state index contributed by atoms with van der Waals surface area (Å²) in [5.41, 5.74) is 2.94. The number of carbonyl (C=O) groups excluding carboxylic acids is 1. The van der Waals surface area contributed by atoms with Crippen LogP contribution in [0.2, 0.25) is 0 Å². The SMILES string of the molecule is CC1=C(C(=O)c2ccccc2)[C@H](c2ccccc2OC(C)C)NC(=S)N1. The molecular weight excluding hydrogens is 344 g/mol. The van der Waals surface area contributed by atoms with Gasteiger partial charge in [-0.25, -0.2) is 0 Å². The first-order valence-electron chi connectivity index (χ1n) is 8.61. The van der Waals surface area contributed by atoms with E-state index in [9.17, 15) is 4.79 Å². The molecule has 0 saturated heterocycles. The van der Waals surface area contributed by atoms with E-state index in [1.807, 2.05) is 75.4 Å². The predicted octanol–water partition coefficient (Wildman–Crippen LogP) is 4.15. The molecule has 3 rings (SSSR count). The van der Waals surface area contributed by atoms with Crippen molar-refractivity contribution in [3.05, 3.63) is 77.0 Å². The van der Waals surface area contributed by atoms with Crippen LogP contribution in [0.5, 0.6) is 5.75 Å². The van der Waals surface area contributed by atoms with E-state index in [0.29, 0.717) is 16.2 Å². The number of ether oxygens (including phenoxy) is 1. The molecule has 0 unspecified atom stereocenters. The highest BCUT2D eigenvalue weighted by Gasteiger charge is 2.32. The van der Waals surface area contributed by atoms with E-state index >= 15 is 0 Å². The van der Waals surface area contributed by atoms with Gasteiger partial charge in [0, 0.05) is 22.4 Å². The summed E-state index contributed by atoms with van der Waals surface area (Å²) in [6.07, 6.45) is 0.0307. The van der Waals surface area contributed by atoms with Crippen LogP contribution in [0.25, 0.3) is 0 Å². The first-order chi connectivity index (χ1) is 12.5. The maximum atomic E-state index is 13.2. The molecule has 0 amide bonds. The first-order valence-corrected chi connectivity index (χ1v) is 9.02. The van der Waals surface area contributed by atoms with Crippen molar-refractivity contribution >= 4 is 23.1 Å². The summed E-state index contributed by atoms with van der Waals surface area (Å²) < 4.78 is 5.97. The number of carbonyl (C=O) groups is 1. The fourth-order valence-corrected chi connectivity index (χ4v) is 3.32. The number of allylic oxidation sites excluding steroid dienone is 1. The molecule has 4 nitrogen and oxygen atoms in total. The van der Waals surface area contributed by atoms with Crippen molar-refractivity contribution in [1.29, 1.82) is 0 Å². The molecule has 0 fully saturated rings. The summed E-state index contributed by atoms with van der Waals surface area (Å²) in [6, 6.07) is 16.7. The van der Waals surface area contributed by atoms with Gasteiger partial charge in [-0.2, -0.15) is 0 Å². The van der Waals surface area contributed by atoms with Gasteiger partial charge < -0.3 is 15.4 Å². The molecule has 0 saturated carbocycles. The van der Waals surface area contributed by atoms with Crippen molar-refractivity contribution in [3.8, 4) is 5.75 Å². The predicted molar refractivity (Wildman–Crippen MR) is 107 cm³/mol. The fraction of sp³-hybridized carbons (Fsp3) is 0.238. The molecule has 0 aromatic heterocycles. The lowest BCUT2D eigenvalue weighted by Crippen LogP contribution is -2.45. The molecule has 1 aliphatic heterocycles. The zero-order chi connectivity index (χ0) is 18.7. The molecule has 1 heterocycles. The molecule has 1 atom stereocenters. The lowest BCUT2D eigenvalue weighted by atomic mass is 9.89. The zero-order valence-corrected chi connectivity index (χ0v) is 15.9. The van der Waals surface area contributed by atoms with Crippen LogP contribution in [0.15, 0.2) is 65.9 Å². The number of benzene rings is 2. The first kappa shape index (κ1) is 18.1. The lowest BCUT2D eigenvalue weighted by molar-refractivity contribution is 0.102. The second-order valence-corrected chi connectivity index (χ2v) is 6.88. The molecule has 2 aromatic carbocycles. The molecule has 2 aromatic rings. The number of hydrogen-bond acceptors (Lipinski definition) is 3. The molecule has 2 N–H and O–H groups in total. The Morgan fingerprint density at radius 1 is 1.08 bits per heavy atom. The minimum atomic E-state index is -0.369. The Balaban J connectivity index is 2.09. The lowest BCUT2D eigenvalue weighted by Gasteiger charge is -2.31. The average molecular weight is 366 g/mol. The van der Waals surface area contributed by atoms with Gasteiger partial charge in [-0.3, -0.25) is 4.79 Å². The second-order valence-electron chi connectivity index (χ2n) is 6.47. The Bertz CT molecular complexity index is 859. The van der Waals surface area contributed by atoms with Gasteiger partial charge in [-0.15, -0.1) is 0 Å². The van der Waals surface area contributed by atoms with E-state index in [0.717, 1.165) is 17.0 Å². The van der Waals surface area contributed by atoms with Crippen LogP contribution in [0.3, 0.4) is 0 Å². The van der Waals surface area contributed by atoms with Gasteiger partial charge in [-0.1, -0.05) is 48.5 Å². The summed E-state index contributed by atoms with van der Waals surface area (Å²) in [7, 11) is 0. The fourth-order valence-electron chi connectivity index (χ4n) is 3.05. The number of hydrogen-bond donors (Lipinski definition) is 2. The van der Waals surface area contributed by atoms with Crippen LogP contribution in [0.1, 0.15) is 42.7 Å². The maximum absolute atomic E-state index is 13.2. The van der Waals surface area contributed by atoms with Crippen molar-refractivity contribution in [1.82, 2.24) is 10.6 Å². The summed E-state index contributed by atoms with van der Waals surface area (Å²) in [5.74, 6) is 0.714. The van der Waals surface area contributed by atoms with Gasteiger partial charge in [0.25, 0.3) is 0 Å². The van der Waals surface area contributed by atoms with Crippen LogP contribution in [0.4, 0.5) is 0 Å². The summed E-state index contributed by atoms with van der Waals surface area (Å²) >= 11 is 5.34. The van der Waals surface area contributed by atoms with E-state index < -0.39 is 0 Å². The Hall–Kier alpha value is -2.66. The third-order valence-corrected chi connectivity index (χ3v) is 4.36. The molecule has 134 valence electrons. The normalized spacial score (nSPS) is 16.9. The van der Waals surface area contributed by atoms with Crippen molar-refractivity contribution < 1.29 is 9.53 Å². The highest BCUT2D eigenvalue weighted by Crippen LogP contribution is 2.35. The van der Waals surface area contributed by atoms with Crippen LogP contribution in [0, 0.1) is 0 Å². The summed E-state index contributed by atoms with van der Waals surface area (Å²) in [4.78, 5) is 13.2. The standard InChI is InChI=1S/C21H22N2O2S/c1-13(2)25-17-12-8-7-11-16(17)19-18(14(3)22-21(26)23-19)20(24)15-9-5-4-6-10-15/h4-13,19H,1-3H3,(H2,22,23,26)/t19-/m0/s1. The van der Waals surface area contributed by atoms with Gasteiger partial charge in [-0.05, 0) is 39.1 Å². The number of para-hydroxylation sites is 1. The molecule has 5 heteroatoms. The van der Waals surface area contributed by atoms with Gasteiger partial charge in [0.15, 0.2) is 10.9 Å². The molecule has 1 aliphatic rings. The largest absolute Gasteiger partial charge is 0.491 e. The minimum Gasteiger partial charge on any atom is -0.491 e. The third kappa shape index (κ3) is 3.78. The molecule has 26 heavy (non-hydrogen) atoms. The second kappa shape index (κ2) is 7.70. The van der Waals surface area contributed by atoms with E-state index in [2.05, 4.69) is 10.6 Å². The van der Waals surface area contributed by atoms with Gasteiger partial charge in [0.1, 0.15) is 5.75 Å². The molecule has 0 bridgehead atoms. The number of Topliss-reactive ketones (excluding diaryl/α,β-unsaturated/α-hetero) is 1. The van der Waals surface area contributed by atoms with Crippen LogP contribution < -0.4 is 15.4 Å². The Morgan fingerprint density at radius 2 is 1.73 bits per heavy atom. The van der Waals surface area contributed by atoms with E-state index in [4.69, 9.17) is 17.0 Å². The molecular formula is C21H22N2O2S. The molecule has 0 spiro atoms. The van der Waals surface area contributed by atoms with Crippen LogP contribution in [-0.4, -0.2) is 17.0 Å². The van der Waals surface area contributed by atoms with Crippen LogP contribution >= 0.6 is 12.2 Å². The van der Waals surface area contributed by atoms with E-state index in [1.165, 1.54) is 0 Å². The number of ketones is 1. The Morgan fingerprint density at radius 3 is 2.42 bits per heavy atom. The minimum absolute atomic E-state index is 0.0307. The molecule has 0 aliphatic carbocycles. The average Bonchev–Trinajstić information content (AvgIpc) is 2.61. The maximum Gasteiger partial charge on any atom is 0.193 e. The number of rotatable bonds is 5. The highest BCUT2D eigenvalue weighted by atomic mass is 32.1. The Kier molecular flexibility index (Phi) is 5.38. The topological polar surface area (TPSA) is 50.4 Å². The van der Waals surface area contributed by atoms with Crippen molar-refractivity contribution in [3.63, 3.8) is 0 Å². The monoisotopic (exact) mass is 366 g/mol.